The smallest absolute Gasteiger partial charge is 0.0558 e. The maximum Gasteiger partial charge on any atom is 0.0558 e. The molecule has 0 spiro atoms. The zero-order valence-electron chi connectivity index (χ0n) is 8.35. The van der Waals surface area contributed by atoms with Gasteiger partial charge in [0.25, 0.3) is 0 Å². The molecule has 68 valence electrons. The van der Waals surface area contributed by atoms with Crippen molar-refractivity contribution in [2.24, 2.45) is 11.1 Å². The molecular weight excluding hydrogens is 138 g/mol. The first kappa shape index (κ1) is 10.9. The zero-order valence-corrected chi connectivity index (χ0v) is 8.35. The number of rotatable bonds is 3. The molecular formula is C9H21NO. The molecule has 0 aliphatic carbocycles. The summed E-state index contributed by atoms with van der Waals surface area (Å²) in [7, 11) is 1.72. The van der Waals surface area contributed by atoms with Gasteiger partial charge in [-0.2, -0.15) is 0 Å². The van der Waals surface area contributed by atoms with Crippen molar-refractivity contribution >= 4 is 0 Å². The van der Waals surface area contributed by atoms with Crippen molar-refractivity contribution in [1.29, 1.82) is 0 Å². The number of nitrogens with two attached hydrogens (primary N) is 1. The minimum absolute atomic E-state index is 0.187. The Morgan fingerprint density at radius 2 is 1.82 bits per heavy atom. The number of methoxy groups -OCH3 is 1. The van der Waals surface area contributed by atoms with E-state index < -0.39 is 0 Å². The van der Waals surface area contributed by atoms with Crippen LogP contribution in [-0.4, -0.2) is 19.3 Å². The van der Waals surface area contributed by atoms with E-state index in [1.165, 1.54) is 0 Å². The Balaban J connectivity index is 3.77. The molecule has 0 saturated carbocycles. The van der Waals surface area contributed by atoms with Gasteiger partial charge in [-0.1, -0.05) is 20.8 Å². The fraction of sp³-hybridized carbons (Fsp3) is 1.00. The normalized spacial score (nSPS) is 18.0. The highest BCUT2D eigenvalue weighted by molar-refractivity contribution is 4.78. The van der Waals surface area contributed by atoms with Crippen LogP contribution in [0.3, 0.4) is 0 Å². The van der Waals surface area contributed by atoms with Crippen LogP contribution in [0.5, 0.6) is 0 Å². The summed E-state index contributed by atoms with van der Waals surface area (Å²) in [6.45, 7) is 8.51. The minimum Gasteiger partial charge on any atom is -0.382 e. The van der Waals surface area contributed by atoms with Crippen LogP contribution in [0.25, 0.3) is 0 Å². The van der Waals surface area contributed by atoms with E-state index in [-0.39, 0.29) is 17.6 Å². The largest absolute Gasteiger partial charge is 0.382 e. The summed E-state index contributed by atoms with van der Waals surface area (Å²) in [6, 6.07) is 0.220. The third-order valence-electron chi connectivity index (χ3n) is 2.10. The summed E-state index contributed by atoms with van der Waals surface area (Å²) in [6.07, 6.45) is 1.20. The van der Waals surface area contributed by atoms with E-state index >= 15 is 0 Å². The third kappa shape index (κ3) is 4.38. The lowest BCUT2D eigenvalue weighted by Crippen LogP contribution is -2.37. The predicted octanol–water partition coefficient (Wildman–Crippen LogP) is 1.78. The fourth-order valence-corrected chi connectivity index (χ4v) is 0.807. The van der Waals surface area contributed by atoms with Crippen LogP contribution in [0.15, 0.2) is 0 Å². The molecule has 0 aliphatic rings. The van der Waals surface area contributed by atoms with Gasteiger partial charge in [0, 0.05) is 13.2 Å². The van der Waals surface area contributed by atoms with Crippen LogP contribution in [0.4, 0.5) is 0 Å². The number of ether oxygens (including phenoxy) is 1. The Morgan fingerprint density at radius 3 is 2.09 bits per heavy atom. The predicted molar refractivity (Wildman–Crippen MR) is 48.5 cm³/mol. The van der Waals surface area contributed by atoms with Crippen molar-refractivity contribution < 1.29 is 4.74 Å². The summed E-state index contributed by atoms with van der Waals surface area (Å²) < 4.78 is 5.14. The molecule has 2 unspecified atom stereocenters. The monoisotopic (exact) mass is 159 g/mol. The molecule has 0 rings (SSSR count). The molecule has 2 N–H and O–H groups in total. The molecule has 0 radical (unpaired) electrons. The quantitative estimate of drug-likeness (QED) is 0.681. The highest BCUT2D eigenvalue weighted by Gasteiger charge is 2.22. The van der Waals surface area contributed by atoms with Crippen molar-refractivity contribution in [2.75, 3.05) is 7.11 Å². The van der Waals surface area contributed by atoms with Gasteiger partial charge in [0.15, 0.2) is 0 Å². The van der Waals surface area contributed by atoms with Gasteiger partial charge in [-0.15, -0.1) is 0 Å². The summed E-state index contributed by atoms with van der Waals surface area (Å²) in [4.78, 5) is 0. The topological polar surface area (TPSA) is 35.2 Å². The average Bonchev–Trinajstić information content (AvgIpc) is 1.85. The van der Waals surface area contributed by atoms with E-state index in [2.05, 4.69) is 20.8 Å². The maximum absolute atomic E-state index is 5.95. The Bertz CT molecular complexity index is 107. The van der Waals surface area contributed by atoms with Gasteiger partial charge in [0.1, 0.15) is 0 Å². The molecule has 0 aromatic carbocycles. The molecule has 0 aromatic heterocycles. The Labute approximate surface area is 70.1 Å². The summed E-state index contributed by atoms with van der Waals surface area (Å²) >= 11 is 0. The van der Waals surface area contributed by atoms with E-state index in [0.717, 1.165) is 6.42 Å². The molecule has 0 aromatic rings. The molecule has 2 heteroatoms. The summed E-state index contributed by atoms with van der Waals surface area (Å²) in [5.41, 5.74) is 6.13. The first-order valence-corrected chi connectivity index (χ1v) is 4.16. The molecule has 0 fully saturated rings. The van der Waals surface area contributed by atoms with Crippen molar-refractivity contribution in [1.82, 2.24) is 0 Å². The second-order valence-electron chi connectivity index (χ2n) is 4.25. The van der Waals surface area contributed by atoms with Gasteiger partial charge in [-0.3, -0.25) is 0 Å². The first-order chi connectivity index (χ1) is 4.88. The van der Waals surface area contributed by atoms with E-state index in [0.29, 0.717) is 0 Å². The SMILES string of the molecule is COC(C)CC(N)C(C)(C)C. The lowest BCUT2D eigenvalue weighted by molar-refractivity contribution is 0.0903. The first-order valence-electron chi connectivity index (χ1n) is 4.16. The third-order valence-corrected chi connectivity index (χ3v) is 2.10. The van der Waals surface area contributed by atoms with Crippen LogP contribution in [0, 0.1) is 5.41 Å². The van der Waals surface area contributed by atoms with Gasteiger partial charge >= 0.3 is 0 Å². The average molecular weight is 159 g/mol. The Morgan fingerprint density at radius 1 is 1.36 bits per heavy atom. The zero-order chi connectivity index (χ0) is 9.07. The van der Waals surface area contributed by atoms with Gasteiger partial charge < -0.3 is 10.5 Å². The van der Waals surface area contributed by atoms with E-state index in [1.54, 1.807) is 7.11 Å². The molecule has 2 nitrogen and oxygen atoms in total. The van der Waals surface area contributed by atoms with Gasteiger partial charge in [-0.05, 0) is 18.8 Å². The highest BCUT2D eigenvalue weighted by atomic mass is 16.5. The molecule has 11 heavy (non-hydrogen) atoms. The molecule has 0 aliphatic heterocycles. The van der Waals surface area contributed by atoms with Gasteiger partial charge in [0.2, 0.25) is 0 Å². The second-order valence-corrected chi connectivity index (χ2v) is 4.25. The van der Waals surface area contributed by atoms with Crippen molar-refractivity contribution in [3.05, 3.63) is 0 Å². The van der Waals surface area contributed by atoms with Gasteiger partial charge in [0.05, 0.1) is 6.10 Å². The standard InChI is InChI=1S/C9H21NO/c1-7(11-5)6-8(10)9(2,3)4/h7-8H,6,10H2,1-5H3. The van der Waals surface area contributed by atoms with Crippen LogP contribution >= 0.6 is 0 Å². The van der Waals surface area contributed by atoms with E-state index in [9.17, 15) is 0 Å². The van der Waals surface area contributed by atoms with E-state index in [4.69, 9.17) is 10.5 Å². The lowest BCUT2D eigenvalue weighted by atomic mass is 9.84. The number of hydrogen-bond acceptors (Lipinski definition) is 2. The van der Waals surface area contributed by atoms with E-state index in [1.807, 2.05) is 6.92 Å². The number of hydrogen-bond donors (Lipinski definition) is 1. The highest BCUT2D eigenvalue weighted by Crippen LogP contribution is 2.21. The summed E-state index contributed by atoms with van der Waals surface area (Å²) in [5.74, 6) is 0. The molecule has 2 atom stereocenters. The van der Waals surface area contributed by atoms with Crippen LogP contribution in [0.1, 0.15) is 34.1 Å². The summed E-state index contributed by atoms with van der Waals surface area (Å²) in [5, 5.41) is 0. The molecule has 0 saturated heterocycles. The second kappa shape index (κ2) is 4.07. The Hall–Kier alpha value is -0.0800. The van der Waals surface area contributed by atoms with Gasteiger partial charge in [-0.25, -0.2) is 0 Å². The van der Waals surface area contributed by atoms with Crippen molar-refractivity contribution in [3.63, 3.8) is 0 Å². The van der Waals surface area contributed by atoms with Crippen LogP contribution in [-0.2, 0) is 4.74 Å². The van der Waals surface area contributed by atoms with Crippen molar-refractivity contribution in [3.8, 4) is 0 Å². The fourth-order valence-electron chi connectivity index (χ4n) is 0.807. The molecule has 0 bridgehead atoms. The van der Waals surface area contributed by atoms with Crippen molar-refractivity contribution in [2.45, 2.75) is 46.3 Å². The van der Waals surface area contributed by atoms with Crippen LogP contribution < -0.4 is 5.73 Å². The Kier molecular flexibility index (Phi) is 4.04. The molecule has 0 amide bonds. The lowest BCUT2D eigenvalue weighted by Gasteiger charge is -2.28. The minimum atomic E-state index is 0.187. The maximum atomic E-state index is 5.95. The van der Waals surface area contributed by atoms with Crippen LogP contribution in [0.2, 0.25) is 0 Å². The molecule has 0 heterocycles.